The Bertz CT molecular complexity index is 1350. The molecule has 1 N–H and O–H groups in total. The zero-order valence-electron chi connectivity index (χ0n) is 18.3. The monoisotopic (exact) mass is 517 g/mol. The molecule has 2 heterocycles. The van der Waals surface area contributed by atoms with Crippen LogP contribution in [0, 0.1) is 5.82 Å². The molecule has 0 saturated heterocycles. The van der Waals surface area contributed by atoms with E-state index in [-0.39, 0.29) is 40.3 Å². The van der Waals surface area contributed by atoms with Crippen molar-refractivity contribution in [1.82, 2.24) is 9.78 Å². The number of nitrogens with one attached hydrogen (secondary N) is 1. The molecule has 2 aromatic heterocycles. The van der Waals surface area contributed by atoms with Crippen molar-refractivity contribution in [2.45, 2.75) is 13.2 Å². The second kappa shape index (κ2) is 10.6. The molecule has 4 aromatic rings. The number of methoxy groups -OCH3 is 1. The number of amides is 1. The Hall–Kier alpha value is -3.82. The highest BCUT2D eigenvalue weighted by Gasteiger charge is 2.17. The summed E-state index contributed by atoms with van der Waals surface area (Å²) in [4.78, 5) is 24.1. The summed E-state index contributed by atoms with van der Waals surface area (Å²) in [6.45, 7) is 0.0909. The van der Waals surface area contributed by atoms with Gasteiger partial charge in [0.2, 0.25) is 0 Å². The van der Waals surface area contributed by atoms with Gasteiger partial charge < -0.3 is 19.2 Å². The summed E-state index contributed by atoms with van der Waals surface area (Å²) >= 11 is 12.2. The summed E-state index contributed by atoms with van der Waals surface area (Å²) in [5.74, 6) is -0.477. The minimum Gasteiger partial charge on any atom is -0.486 e. The Balaban J connectivity index is 1.36. The summed E-state index contributed by atoms with van der Waals surface area (Å²) in [6, 6.07) is 13.8. The largest absolute Gasteiger partial charge is 0.486 e. The molecule has 0 atom stereocenters. The van der Waals surface area contributed by atoms with E-state index in [9.17, 15) is 14.0 Å². The molecular weight excluding hydrogens is 500 g/mol. The molecule has 0 aliphatic rings. The first-order valence-corrected chi connectivity index (χ1v) is 11.0. The number of hydrogen-bond acceptors (Lipinski definition) is 6. The predicted molar refractivity (Wildman–Crippen MR) is 127 cm³/mol. The number of benzene rings is 2. The van der Waals surface area contributed by atoms with E-state index in [1.54, 1.807) is 36.4 Å². The average Bonchev–Trinajstić information content (AvgIpc) is 3.46. The quantitative estimate of drug-likeness (QED) is 0.306. The summed E-state index contributed by atoms with van der Waals surface area (Å²) < 4.78 is 31.2. The molecule has 4 rings (SSSR count). The summed E-state index contributed by atoms with van der Waals surface area (Å²) in [5.41, 5.74) is 0.650. The molecular formula is C24H18Cl2FN3O5. The van der Waals surface area contributed by atoms with Crippen molar-refractivity contribution in [2.24, 2.45) is 0 Å². The van der Waals surface area contributed by atoms with E-state index in [4.69, 9.17) is 32.4 Å². The SMILES string of the molecule is COC(=O)c1ccc(OCc2ccc(C(=O)Nc3nn(Cc4c(F)cccc4Cl)cc3Cl)o2)cc1. The van der Waals surface area contributed by atoms with Crippen LogP contribution in [0.3, 0.4) is 0 Å². The van der Waals surface area contributed by atoms with Crippen molar-refractivity contribution in [1.29, 1.82) is 0 Å². The van der Waals surface area contributed by atoms with Crippen LogP contribution in [0.15, 0.2) is 65.2 Å². The number of ether oxygens (including phenoxy) is 2. The molecule has 0 spiro atoms. The van der Waals surface area contributed by atoms with Crippen molar-refractivity contribution < 1.29 is 27.9 Å². The third kappa shape index (κ3) is 5.82. The standard InChI is InChI=1S/C24H18Cl2FN3O5/c1-33-24(32)14-5-7-15(8-6-14)34-13-16-9-10-21(35-16)23(31)28-22-19(26)12-30(29-22)11-17-18(25)3-2-4-20(17)27/h2-10,12H,11,13H2,1H3,(H,28,29,31). The van der Waals surface area contributed by atoms with E-state index in [1.807, 2.05) is 0 Å². The first-order valence-electron chi connectivity index (χ1n) is 10.2. The van der Waals surface area contributed by atoms with Crippen LogP contribution >= 0.6 is 23.2 Å². The molecule has 11 heteroatoms. The molecule has 0 aliphatic heterocycles. The molecule has 0 fully saturated rings. The molecule has 180 valence electrons. The van der Waals surface area contributed by atoms with Gasteiger partial charge >= 0.3 is 5.97 Å². The van der Waals surface area contributed by atoms with Gasteiger partial charge in [-0.15, -0.1) is 0 Å². The fourth-order valence-corrected chi connectivity index (χ4v) is 3.53. The number of aromatic nitrogens is 2. The van der Waals surface area contributed by atoms with Gasteiger partial charge in [-0.25, -0.2) is 9.18 Å². The van der Waals surface area contributed by atoms with Crippen molar-refractivity contribution in [2.75, 3.05) is 12.4 Å². The van der Waals surface area contributed by atoms with Gasteiger partial charge in [-0.05, 0) is 48.5 Å². The number of hydrogen-bond donors (Lipinski definition) is 1. The summed E-state index contributed by atoms with van der Waals surface area (Å²) in [5, 5.41) is 7.17. The van der Waals surface area contributed by atoms with Crippen LogP contribution in [-0.4, -0.2) is 28.8 Å². The Morgan fingerprint density at radius 3 is 2.57 bits per heavy atom. The van der Waals surface area contributed by atoms with Crippen LogP contribution in [0.1, 0.15) is 32.2 Å². The highest BCUT2D eigenvalue weighted by molar-refractivity contribution is 6.33. The molecule has 0 radical (unpaired) electrons. The summed E-state index contributed by atoms with van der Waals surface area (Å²) in [6.07, 6.45) is 1.45. The van der Waals surface area contributed by atoms with E-state index >= 15 is 0 Å². The zero-order chi connectivity index (χ0) is 24.9. The molecule has 0 unspecified atom stereocenters. The van der Waals surface area contributed by atoms with Gasteiger partial charge in [0.15, 0.2) is 11.6 Å². The third-order valence-electron chi connectivity index (χ3n) is 4.87. The second-order valence-electron chi connectivity index (χ2n) is 7.25. The van der Waals surface area contributed by atoms with Crippen LogP contribution < -0.4 is 10.1 Å². The van der Waals surface area contributed by atoms with E-state index in [1.165, 1.54) is 36.2 Å². The predicted octanol–water partition coefficient (Wildman–Crippen LogP) is 5.59. The lowest BCUT2D eigenvalue weighted by molar-refractivity contribution is 0.0600. The Labute approximate surface area is 209 Å². The number of halogens is 3. The topological polar surface area (TPSA) is 95.6 Å². The van der Waals surface area contributed by atoms with Crippen LogP contribution in [0.25, 0.3) is 0 Å². The van der Waals surface area contributed by atoms with Gasteiger partial charge in [0.05, 0.1) is 19.2 Å². The minimum atomic E-state index is -0.574. The zero-order valence-corrected chi connectivity index (χ0v) is 19.8. The van der Waals surface area contributed by atoms with Crippen LogP contribution in [0.4, 0.5) is 10.2 Å². The lowest BCUT2D eigenvalue weighted by Gasteiger charge is -2.06. The first-order chi connectivity index (χ1) is 16.8. The number of esters is 1. The Morgan fingerprint density at radius 1 is 1.09 bits per heavy atom. The molecule has 8 nitrogen and oxygen atoms in total. The van der Waals surface area contributed by atoms with E-state index in [2.05, 4.69) is 15.2 Å². The smallest absolute Gasteiger partial charge is 0.337 e. The molecule has 1 amide bonds. The van der Waals surface area contributed by atoms with Crippen LogP contribution in [0.5, 0.6) is 5.75 Å². The number of carbonyl (C=O) groups is 2. The van der Waals surface area contributed by atoms with Gasteiger partial charge in [0, 0.05) is 16.8 Å². The fourth-order valence-electron chi connectivity index (χ4n) is 3.11. The molecule has 35 heavy (non-hydrogen) atoms. The van der Waals surface area contributed by atoms with E-state index in [0.717, 1.165) is 0 Å². The summed E-state index contributed by atoms with van der Waals surface area (Å²) in [7, 11) is 1.30. The van der Waals surface area contributed by atoms with Gasteiger partial charge in [-0.2, -0.15) is 5.10 Å². The van der Waals surface area contributed by atoms with Gasteiger partial charge in [-0.1, -0.05) is 29.3 Å². The number of nitrogens with zero attached hydrogens (tertiary/aromatic N) is 2. The average molecular weight is 518 g/mol. The maximum Gasteiger partial charge on any atom is 0.337 e. The van der Waals surface area contributed by atoms with Gasteiger partial charge in [0.25, 0.3) is 5.91 Å². The second-order valence-corrected chi connectivity index (χ2v) is 8.06. The fraction of sp³-hybridized carbons (Fsp3) is 0.125. The van der Waals surface area contributed by atoms with Crippen LogP contribution in [0.2, 0.25) is 10.0 Å². The van der Waals surface area contributed by atoms with E-state index in [0.29, 0.717) is 17.1 Å². The molecule has 2 aromatic carbocycles. The van der Waals surface area contributed by atoms with Crippen molar-refractivity contribution in [3.05, 3.63) is 99.3 Å². The maximum atomic E-state index is 14.0. The highest BCUT2D eigenvalue weighted by Crippen LogP contribution is 2.24. The number of anilines is 1. The van der Waals surface area contributed by atoms with Gasteiger partial charge in [0.1, 0.15) is 29.0 Å². The molecule has 0 saturated carbocycles. The van der Waals surface area contributed by atoms with Gasteiger partial charge in [-0.3, -0.25) is 9.48 Å². The van der Waals surface area contributed by atoms with Crippen LogP contribution in [-0.2, 0) is 17.9 Å². The lowest BCUT2D eigenvalue weighted by atomic mass is 10.2. The number of furan rings is 1. The molecule has 0 aliphatic carbocycles. The Kier molecular flexibility index (Phi) is 7.38. The highest BCUT2D eigenvalue weighted by atomic mass is 35.5. The maximum absolute atomic E-state index is 14.0. The lowest BCUT2D eigenvalue weighted by Crippen LogP contribution is -2.12. The van der Waals surface area contributed by atoms with E-state index < -0.39 is 17.7 Å². The minimum absolute atomic E-state index is 0.0207. The first kappa shape index (κ1) is 24.3. The number of carbonyl (C=O) groups excluding carboxylic acids is 2. The van der Waals surface area contributed by atoms with Crippen molar-refractivity contribution >= 4 is 40.9 Å². The third-order valence-corrected chi connectivity index (χ3v) is 5.50. The van der Waals surface area contributed by atoms with Crippen molar-refractivity contribution in [3.63, 3.8) is 0 Å². The molecule has 0 bridgehead atoms. The Morgan fingerprint density at radius 2 is 1.86 bits per heavy atom. The number of rotatable bonds is 8. The van der Waals surface area contributed by atoms with Crippen molar-refractivity contribution in [3.8, 4) is 5.75 Å². The normalized spacial score (nSPS) is 10.7.